The zero-order valence-corrected chi connectivity index (χ0v) is 11.1. The smallest absolute Gasteiger partial charge is 0.407 e. The summed E-state index contributed by atoms with van der Waals surface area (Å²) in [5.41, 5.74) is 0. The number of hydrogen-bond acceptors (Lipinski definition) is 2. The maximum Gasteiger partial charge on any atom is 0.407 e. The van der Waals surface area contributed by atoms with E-state index in [9.17, 15) is 4.79 Å². The van der Waals surface area contributed by atoms with Crippen LogP contribution in [0.5, 0.6) is 5.75 Å². The minimum atomic E-state index is -0.880. The number of hydrogen-bond donors (Lipinski definition) is 1. The Morgan fingerprint density at radius 2 is 2.00 bits per heavy atom. The molecule has 4 nitrogen and oxygen atoms in total. The van der Waals surface area contributed by atoms with Crippen LogP contribution in [-0.4, -0.2) is 35.3 Å². The van der Waals surface area contributed by atoms with Gasteiger partial charge in [0.1, 0.15) is 16.9 Å². The van der Waals surface area contributed by atoms with Crippen LogP contribution in [0.2, 0.25) is 10.0 Å². The minimum Gasteiger partial charge on any atom is -0.489 e. The Bertz CT molecular complexity index is 445. The number of carboxylic acid groups (broad SMARTS) is 1. The van der Waals surface area contributed by atoms with E-state index in [0.717, 1.165) is 0 Å². The summed E-state index contributed by atoms with van der Waals surface area (Å²) in [6, 6.07) is 5.23. The topological polar surface area (TPSA) is 49.8 Å². The van der Waals surface area contributed by atoms with Crippen molar-refractivity contribution in [3.63, 3.8) is 0 Å². The Balaban J connectivity index is 1.96. The van der Waals surface area contributed by atoms with Crippen LogP contribution in [0.25, 0.3) is 0 Å². The molecule has 1 aromatic rings. The van der Waals surface area contributed by atoms with Crippen molar-refractivity contribution in [3.8, 4) is 5.75 Å². The van der Waals surface area contributed by atoms with Crippen LogP contribution < -0.4 is 4.74 Å². The van der Waals surface area contributed by atoms with Gasteiger partial charge in [-0.1, -0.05) is 29.3 Å². The molecule has 1 fully saturated rings. The first-order chi connectivity index (χ1) is 8.58. The number of carbonyl (C=O) groups is 1. The van der Waals surface area contributed by atoms with E-state index in [2.05, 4.69) is 0 Å². The van der Waals surface area contributed by atoms with Crippen molar-refractivity contribution < 1.29 is 14.6 Å². The lowest BCUT2D eigenvalue weighted by Gasteiger charge is -2.30. The zero-order valence-electron chi connectivity index (χ0n) is 9.60. The summed E-state index contributed by atoms with van der Waals surface area (Å²) in [7, 11) is 0. The monoisotopic (exact) mass is 289 g/mol. The molecule has 1 aliphatic rings. The van der Waals surface area contributed by atoms with E-state index in [1.165, 1.54) is 4.90 Å². The fourth-order valence-electron chi connectivity index (χ4n) is 1.92. The minimum absolute atomic E-state index is 0.0171. The fourth-order valence-corrected chi connectivity index (χ4v) is 2.26. The Kier molecular flexibility index (Phi) is 4.19. The molecule has 0 aromatic heterocycles. The molecule has 6 heteroatoms. The van der Waals surface area contributed by atoms with Crippen molar-refractivity contribution in [3.05, 3.63) is 28.2 Å². The number of halogens is 2. The SMILES string of the molecule is O=C(O)N1CCC(Oc2cccc(Cl)c2Cl)CC1. The van der Waals surface area contributed by atoms with Gasteiger partial charge in [-0.2, -0.15) is 0 Å². The quantitative estimate of drug-likeness (QED) is 0.906. The molecule has 0 aliphatic carbocycles. The molecule has 1 heterocycles. The Morgan fingerprint density at radius 3 is 2.61 bits per heavy atom. The number of nitrogens with zero attached hydrogens (tertiary/aromatic N) is 1. The summed E-state index contributed by atoms with van der Waals surface area (Å²) in [6.07, 6.45) is 0.426. The van der Waals surface area contributed by atoms with Crippen molar-refractivity contribution >= 4 is 29.3 Å². The number of benzene rings is 1. The predicted molar refractivity (Wildman–Crippen MR) is 69.7 cm³/mol. The molecule has 0 atom stereocenters. The van der Waals surface area contributed by atoms with Gasteiger partial charge in [0.25, 0.3) is 0 Å². The standard InChI is InChI=1S/C12H13Cl2NO3/c13-9-2-1-3-10(11(9)14)18-8-4-6-15(7-5-8)12(16)17/h1-3,8H,4-7H2,(H,16,17). The Hall–Kier alpha value is -1.13. The zero-order chi connectivity index (χ0) is 13.1. The molecule has 0 radical (unpaired) electrons. The second-order valence-corrected chi connectivity index (χ2v) is 4.92. The molecular formula is C12H13Cl2NO3. The molecule has 0 unspecified atom stereocenters. The van der Waals surface area contributed by atoms with E-state index in [4.69, 9.17) is 33.0 Å². The molecule has 0 spiro atoms. The van der Waals surface area contributed by atoms with Gasteiger partial charge in [-0.05, 0) is 12.1 Å². The second kappa shape index (κ2) is 5.67. The highest BCUT2D eigenvalue weighted by atomic mass is 35.5. The van der Waals surface area contributed by atoms with Gasteiger partial charge in [-0.3, -0.25) is 0 Å². The van der Waals surface area contributed by atoms with Gasteiger partial charge in [0.15, 0.2) is 0 Å². The highest BCUT2D eigenvalue weighted by Gasteiger charge is 2.24. The number of ether oxygens (including phenoxy) is 1. The summed E-state index contributed by atoms with van der Waals surface area (Å²) in [5, 5.41) is 9.70. The third-order valence-corrected chi connectivity index (χ3v) is 3.72. The fraction of sp³-hybridized carbons (Fsp3) is 0.417. The van der Waals surface area contributed by atoms with Crippen LogP contribution in [0.15, 0.2) is 18.2 Å². The van der Waals surface area contributed by atoms with Crippen LogP contribution in [0.1, 0.15) is 12.8 Å². The van der Waals surface area contributed by atoms with Crippen LogP contribution in [0.3, 0.4) is 0 Å². The molecule has 1 aromatic carbocycles. The average Bonchev–Trinajstić information content (AvgIpc) is 2.36. The highest BCUT2D eigenvalue weighted by Crippen LogP contribution is 2.33. The summed E-state index contributed by atoms with van der Waals surface area (Å²) in [5.74, 6) is 0.554. The second-order valence-electron chi connectivity index (χ2n) is 4.14. The highest BCUT2D eigenvalue weighted by molar-refractivity contribution is 6.42. The predicted octanol–water partition coefficient (Wildman–Crippen LogP) is 3.51. The number of piperidine rings is 1. The molecule has 1 aliphatic heterocycles. The van der Waals surface area contributed by atoms with E-state index in [1.54, 1.807) is 18.2 Å². The number of rotatable bonds is 2. The molecule has 98 valence electrons. The van der Waals surface area contributed by atoms with Gasteiger partial charge in [0.05, 0.1) is 5.02 Å². The molecule has 1 amide bonds. The molecule has 2 rings (SSSR count). The van der Waals surface area contributed by atoms with Crippen molar-refractivity contribution in [2.24, 2.45) is 0 Å². The van der Waals surface area contributed by atoms with Gasteiger partial charge >= 0.3 is 6.09 Å². The summed E-state index contributed by atoms with van der Waals surface area (Å²) in [4.78, 5) is 12.2. The third kappa shape index (κ3) is 3.00. The lowest BCUT2D eigenvalue weighted by atomic mass is 10.1. The van der Waals surface area contributed by atoms with Crippen LogP contribution in [-0.2, 0) is 0 Å². The lowest BCUT2D eigenvalue weighted by molar-refractivity contribution is 0.0895. The normalized spacial score (nSPS) is 16.7. The first-order valence-electron chi connectivity index (χ1n) is 5.66. The Labute approximate surface area is 115 Å². The molecule has 18 heavy (non-hydrogen) atoms. The van der Waals surface area contributed by atoms with E-state index in [1.807, 2.05) is 0 Å². The molecule has 0 bridgehead atoms. The maximum absolute atomic E-state index is 10.8. The Morgan fingerprint density at radius 1 is 1.33 bits per heavy atom. The lowest BCUT2D eigenvalue weighted by Crippen LogP contribution is -2.41. The summed E-state index contributed by atoms with van der Waals surface area (Å²) < 4.78 is 5.76. The molecule has 0 saturated carbocycles. The number of amides is 1. The van der Waals surface area contributed by atoms with E-state index in [0.29, 0.717) is 41.7 Å². The average molecular weight is 290 g/mol. The van der Waals surface area contributed by atoms with Crippen molar-refractivity contribution in [2.75, 3.05) is 13.1 Å². The van der Waals surface area contributed by atoms with E-state index >= 15 is 0 Å². The third-order valence-electron chi connectivity index (χ3n) is 2.92. The van der Waals surface area contributed by atoms with Crippen molar-refractivity contribution in [1.82, 2.24) is 4.90 Å². The van der Waals surface area contributed by atoms with Crippen LogP contribution in [0, 0.1) is 0 Å². The number of likely N-dealkylation sites (tertiary alicyclic amines) is 1. The molecule has 1 N–H and O–H groups in total. The summed E-state index contributed by atoms with van der Waals surface area (Å²) >= 11 is 11.9. The van der Waals surface area contributed by atoms with Crippen LogP contribution >= 0.6 is 23.2 Å². The maximum atomic E-state index is 10.8. The van der Waals surface area contributed by atoms with Crippen molar-refractivity contribution in [2.45, 2.75) is 18.9 Å². The van der Waals surface area contributed by atoms with E-state index in [-0.39, 0.29) is 6.10 Å². The van der Waals surface area contributed by atoms with Gasteiger partial charge < -0.3 is 14.7 Å². The van der Waals surface area contributed by atoms with Gasteiger partial charge in [-0.15, -0.1) is 0 Å². The van der Waals surface area contributed by atoms with Gasteiger partial charge in [0, 0.05) is 25.9 Å². The summed E-state index contributed by atoms with van der Waals surface area (Å²) in [6.45, 7) is 0.969. The first kappa shape index (κ1) is 13.3. The van der Waals surface area contributed by atoms with Gasteiger partial charge in [0.2, 0.25) is 0 Å². The van der Waals surface area contributed by atoms with E-state index < -0.39 is 6.09 Å². The van der Waals surface area contributed by atoms with Crippen molar-refractivity contribution in [1.29, 1.82) is 0 Å². The van der Waals surface area contributed by atoms with Gasteiger partial charge in [-0.25, -0.2) is 4.79 Å². The first-order valence-corrected chi connectivity index (χ1v) is 6.42. The molecule has 1 saturated heterocycles. The largest absolute Gasteiger partial charge is 0.489 e. The molecular weight excluding hydrogens is 277 g/mol. The van der Waals surface area contributed by atoms with Crippen LogP contribution in [0.4, 0.5) is 4.79 Å².